The van der Waals surface area contributed by atoms with Gasteiger partial charge in [-0.15, -0.1) is 0 Å². The summed E-state index contributed by atoms with van der Waals surface area (Å²) in [6.07, 6.45) is 0. The van der Waals surface area contributed by atoms with Crippen molar-refractivity contribution in [2.45, 2.75) is 6.92 Å². The summed E-state index contributed by atoms with van der Waals surface area (Å²) in [7, 11) is 0. The second-order valence-electron chi connectivity index (χ2n) is 8.15. The van der Waals surface area contributed by atoms with Gasteiger partial charge in [0.15, 0.2) is 0 Å². The number of hydrazone groups is 1. The minimum Gasteiger partial charge on any atom is -0.378 e. The Kier molecular flexibility index (Phi) is 6.63. The number of benzene rings is 3. The molecule has 1 saturated heterocycles. The average Bonchev–Trinajstić information content (AvgIpc) is 2.92. The van der Waals surface area contributed by atoms with E-state index in [1.165, 1.54) is 12.1 Å². The molecule has 182 valence electrons. The number of nitrogens with one attached hydrogen (secondary N) is 2. The van der Waals surface area contributed by atoms with Crippen LogP contribution in [0, 0.1) is 10.1 Å². The van der Waals surface area contributed by atoms with Gasteiger partial charge in [0, 0.05) is 36.3 Å². The first kappa shape index (κ1) is 23.1. The van der Waals surface area contributed by atoms with Gasteiger partial charge in [0.1, 0.15) is 0 Å². The highest BCUT2D eigenvalue weighted by molar-refractivity contribution is 5.99. The number of morpholine rings is 1. The predicted molar refractivity (Wildman–Crippen MR) is 139 cm³/mol. The molecule has 0 atom stereocenters. The maximum atomic E-state index is 10.9. The maximum Gasteiger partial charge on any atom is 0.269 e. The summed E-state index contributed by atoms with van der Waals surface area (Å²) in [6, 6.07) is 20.3. The first-order chi connectivity index (χ1) is 17.6. The molecule has 0 spiro atoms. The molecule has 1 aliphatic heterocycles. The van der Waals surface area contributed by atoms with E-state index in [1.807, 2.05) is 35.2 Å². The fraction of sp³-hybridized carbons (Fsp3) is 0.200. The van der Waals surface area contributed by atoms with Crippen molar-refractivity contribution in [2.24, 2.45) is 5.10 Å². The SMILES string of the molecule is CC(=NNc1nc(Nc2cccc3ccccc23)nc(N2CCOCC2)n1)c1ccc([N+](=O)[O-])cc1. The van der Waals surface area contributed by atoms with Crippen molar-refractivity contribution in [3.8, 4) is 0 Å². The summed E-state index contributed by atoms with van der Waals surface area (Å²) in [5.41, 5.74) is 5.19. The molecule has 4 aromatic rings. The van der Waals surface area contributed by atoms with Crippen LogP contribution in [-0.4, -0.2) is 51.9 Å². The van der Waals surface area contributed by atoms with E-state index in [-0.39, 0.29) is 11.6 Å². The lowest BCUT2D eigenvalue weighted by molar-refractivity contribution is -0.384. The van der Waals surface area contributed by atoms with Crippen LogP contribution in [0.3, 0.4) is 0 Å². The summed E-state index contributed by atoms with van der Waals surface area (Å²) in [5.74, 6) is 1.17. The second kappa shape index (κ2) is 10.3. The lowest BCUT2D eigenvalue weighted by atomic mass is 10.1. The molecule has 2 heterocycles. The molecule has 1 fully saturated rings. The van der Waals surface area contributed by atoms with Crippen LogP contribution in [0.4, 0.5) is 29.2 Å². The monoisotopic (exact) mass is 484 g/mol. The Morgan fingerprint density at radius 3 is 2.47 bits per heavy atom. The molecule has 0 saturated carbocycles. The van der Waals surface area contributed by atoms with Gasteiger partial charge in [0.25, 0.3) is 5.69 Å². The number of nitro groups is 1. The fourth-order valence-corrected chi connectivity index (χ4v) is 3.85. The molecule has 2 N–H and O–H groups in total. The average molecular weight is 485 g/mol. The summed E-state index contributed by atoms with van der Waals surface area (Å²) >= 11 is 0. The molecule has 1 aliphatic rings. The van der Waals surface area contributed by atoms with Crippen molar-refractivity contribution in [1.29, 1.82) is 0 Å². The molecule has 11 nitrogen and oxygen atoms in total. The lowest BCUT2D eigenvalue weighted by Crippen LogP contribution is -2.37. The number of rotatable bonds is 7. The van der Waals surface area contributed by atoms with Gasteiger partial charge in [-0.25, -0.2) is 5.43 Å². The molecular weight excluding hydrogens is 460 g/mol. The van der Waals surface area contributed by atoms with Crippen LogP contribution in [0.1, 0.15) is 12.5 Å². The van der Waals surface area contributed by atoms with Gasteiger partial charge in [-0.1, -0.05) is 36.4 Å². The van der Waals surface area contributed by atoms with E-state index in [0.717, 1.165) is 22.0 Å². The summed E-state index contributed by atoms with van der Waals surface area (Å²) in [6.45, 7) is 4.33. The normalized spacial score (nSPS) is 14.0. The molecule has 3 aromatic carbocycles. The van der Waals surface area contributed by atoms with Gasteiger partial charge < -0.3 is 15.0 Å². The Balaban J connectivity index is 1.44. The van der Waals surface area contributed by atoms with Crippen molar-refractivity contribution in [3.05, 3.63) is 82.4 Å². The topological polar surface area (TPSA) is 131 Å². The number of hydrogen-bond donors (Lipinski definition) is 2. The molecule has 1 aromatic heterocycles. The number of nitrogens with zero attached hydrogens (tertiary/aromatic N) is 6. The van der Waals surface area contributed by atoms with Gasteiger partial charge in [-0.05, 0) is 36.1 Å². The molecule has 0 amide bonds. The number of nitro benzene ring substituents is 1. The predicted octanol–water partition coefficient (Wildman–Crippen LogP) is 4.35. The lowest BCUT2D eigenvalue weighted by Gasteiger charge is -2.27. The Morgan fingerprint density at radius 1 is 0.972 bits per heavy atom. The van der Waals surface area contributed by atoms with E-state index in [4.69, 9.17) is 4.74 Å². The molecule has 0 unspecified atom stereocenters. The van der Waals surface area contributed by atoms with Crippen molar-refractivity contribution in [2.75, 3.05) is 41.9 Å². The van der Waals surface area contributed by atoms with E-state index in [9.17, 15) is 10.1 Å². The van der Waals surface area contributed by atoms with Gasteiger partial charge >= 0.3 is 0 Å². The molecule has 0 radical (unpaired) electrons. The molecule has 0 bridgehead atoms. The fourth-order valence-electron chi connectivity index (χ4n) is 3.85. The van der Waals surface area contributed by atoms with E-state index < -0.39 is 4.92 Å². The summed E-state index contributed by atoms with van der Waals surface area (Å²) < 4.78 is 5.47. The zero-order valence-corrected chi connectivity index (χ0v) is 19.6. The van der Waals surface area contributed by atoms with Crippen LogP contribution in [0.2, 0.25) is 0 Å². The van der Waals surface area contributed by atoms with E-state index in [2.05, 4.69) is 42.9 Å². The third-order valence-corrected chi connectivity index (χ3v) is 5.77. The number of fused-ring (bicyclic) bond motifs is 1. The Labute approximate surface area is 207 Å². The summed E-state index contributed by atoms with van der Waals surface area (Å²) in [5, 5.41) is 20.8. The van der Waals surface area contributed by atoms with Gasteiger partial charge in [0.2, 0.25) is 17.8 Å². The Hall–Kier alpha value is -4.64. The maximum absolute atomic E-state index is 10.9. The number of aromatic nitrogens is 3. The number of anilines is 4. The first-order valence-electron chi connectivity index (χ1n) is 11.5. The molecule has 11 heteroatoms. The van der Waals surface area contributed by atoms with E-state index >= 15 is 0 Å². The quantitative estimate of drug-likeness (QED) is 0.223. The highest BCUT2D eigenvalue weighted by atomic mass is 16.6. The number of ether oxygens (including phenoxy) is 1. The van der Waals surface area contributed by atoms with Crippen LogP contribution in [-0.2, 0) is 4.74 Å². The Bertz CT molecular complexity index is 1410. The van der Waals surface area contributed by atoms with Crippen LogP contribution in [0.5, 0.6) is 0 Å². The van der Waals surface area contributed by atoms with Crippen LogP contribution >= 0.6 is 0 Å². The molecule has 0 aliphatic carbocycles. The standard InChI is InChI=1S/C25H24N8O3/c1-17(18-9-11-20(12-10-18)33(34)35)30-31-24-27-23(28-25(29-24)32-13-15-36-16-14-32)26-22-8-4-6-19-5-2-3-7-21(19)22/h2-12H,13-16H2,1H3,(H2,26,27,28,29,31). The molecule has 5 rings (SSSR count). The minimum atomic E-state index is -0.434. The third-order valence-electron chi connectivity index (χ3n) is 5.77. The smallest absolute Gasteiger partial charge is 0.269 e. The minimum absolute atomic E-state index is 0.0243. The van der Waals surface area contributed by atoms with Crippen LogP contribution in [0.15, 0.2) is 71.8 Å². The number of non-ortho nitro benzene ring substituents is 1. The zero-order valence-electron chi connectivity index (χ0n) is 19.6. The van der Waals surface area contributed by atoms with Crippen LogP contribution in [0.25, 0.3) is 10.8 Å². The third kappa shape index (κ3) is 5.20. The van der Waals surface area contributed by atoms with Crippen molar-refractivity contribution in [3.63, 3.8) is 0 Å². The second-order valence-corrected chi connectivity index (χ2v) is 8.15. The zero-order chi connectivity index (χ0) is 24.9. The molecular formula is C25H24N8O3. The van der Waals surface area contributed by atoms with E-state index in [0.29, 0.717) is 43.9 Å². The summed E-state index contributed by atoms with van der Waals surface area (Å²) in [4.78, 5) is 26.3. The highest BCUT2D eigenvalue weighted by Gasteiger charge is 2.17. The number of hydrogen-bond acceptors (Lipinski definition) is 10. The van der Waals surface area contributed by atoms with Gasteiger partial charge in [0.05, 0.1) is 23.8 Å². The van der Waals surface area contributed by atoms with Crippen LogP contribution < -0.4 is 15.6 Å². The van der Waals surface area contributed by atoms with Crippen molar-refractivity contribution >= 4 is 45.7 Å². The molecule has 36 heavy (non-hydrogen) atoms. The van der Waals surface area contributed by atoms with E-state index in [1.54, 1.807) is 19.1 Å². The van der Waals surface area contributed by atoms with Gasteiger partial charge in [-0.2, -0.15) is 20.1 Å². The highest BCUT2D eigenvalue weighted by Crippen LogP contribution is 2.26. The Morgan fingerprint density at radius 2 is 1.69 bits per heavy atom. The van der Waals surface area contributed by atoms with Gasteiger partial charge in [-0.3, -0.25) is 10.1 Å². The largest absolute Gasteiger partial charge is 0.378 e. The van der Waals surface area contributed by atoms with Crippen molar-refractivity contribution < 1.29 is 9.66 Å². The van der Waals surface area contributed by atoms with Crippen molar-refractivity contribution in [1.82, 2.24) is 15.0 Å². The first-order valence-corrected chi connectivity index (χ1v) is 11.5.